The monoisotopic (exact) mass is 366 g/mol. The van der Waals surface area contributed by atoms with Crippen molar-refractivity contribution in [3.63, 3.8) is 0 Å². The fourth-order valence-corrected chi connectivity index (χ4v) is 2.02. The number of nitrogens with two attached hydrogens (primary N) is 1. The number of anilines is 1. The maximum absolute atomic E-state index is 11.9. The lowest BCUT2D eigenvalue weighted by Gasteiger charge is -2.06. The molecule has 0 aliphatic carbocycles. The van der Waals surface area contributed by atoms with E-state index in [4.69, 9.17) is 5.73 Å². The predicted molar refractivity (Wildman–Crippen MR) is 98.1 cm³/mol. The van der Waals surface area contributed by atoms with Crippen molar-refractivity contribution in [2.24, 2.45) is 5.73 Å². The summed E-state index contributed by atoms with van der Waals surface area (Å²) in [5.74, 6) is 0.866. The minimum absolute atomic E-state index is 0. The van der Waals surface area contributed by atoms with Crippen LogP contribution >= 0.6 is 12.4 Å². The Balaban J connectivity index is 0.00000312. The third-order valence-electron chi connectivity index (χ3n) is 3.30. The van der Waals surface area contributed by atoms with E-state index in [1.54, 1.807) is 12.1 Å². The van der Waals surface area contributed by atoms with Crippen molar-refractivity contribution >= 4 is 29.9 Å². The van der Waals surface area contributed by atoms with E-state index in [1.807, 2.05) is 19.1 Å². The lowest BCUT2D eigenvalue weighted by atomic mass is 10.2. The topological polar surface area (TPSA) is 126 Å². The molecule has 5 N–H and O–H groups in total. The Morgan fingerprint density at radius 2 is 1.84 bits per heavy atom. The van der Waals surface area contributed by atoms with Crippen LogP contribution in [0.1, 0.15) is 32.0 Å². The van der Waals surface area contributed by atoms with Crippen LogP contribution in [0.3, 0.4) is 0 Å². The Morgan fingerprint density at radius 1 is 1.16 bits per heavy atom. The molecular weight excluding hydrogens is 344 g/mol. The van der Waals surface area contributed by atoms with Gasteiger partial charge in [0.2, 0.25) is 11.8 Å². The SMILES string of the molecule is CCCNC(=O)CCC(=O)Nc1ccc(-c2n[nH]c(CN)n2)cc1.Cl. The highest BCUT2D eigenvalue weighted by Gasteiger charge is 2.08. The van der Waals surface area contributed by atoms with Crippen LogP contribution in [0.25, 0.3) is 11.4 Å². The number of halogens is 1. The first kappa shape index (κ1) is 20.6. The Labute approximate surface area is 152 Å². The first-order chi connectivity index (χ1) is 11.6. The van der Waals surface area contributed by atoms with Crippen molar-refractivity contribution in [1.82, 2.24) is 20.5 Å². The molecule has 0 aliphatic rings. The summed E-state index contributed by atoms with van der Waals surface area (Å²) in [5, 5.41) is 12.3. The highest BCUT2D eigenvalue weighted by atomic mass is 35.5. The average molecular weight is 367 g/mol. The van der Waals surface area contributed by atoms with Gasteiger partial charge in [0.1, 0.15) is 5.82 Å². The first-order valence-electron chi connectivity index (χ1n) is 7.90. The molecule has 0 aliphatic heterocycles. The second-order valence-electron chi connectivity index (χ2n) is 5.29. The van der Waals surface area contributed by atoms with Crippen molar-refractivity contribution in [3.8, 4) is 11.4 Å². The summed E-state index contributed by atoms with van der Waals surface area (Å²) in [6.07, 6.45) is 1.21. The molecule has 0 saturated heterocycles. The molecule has 25 heavy (non-hydrogen) atoms. The number of rotatable bonds is 8. The van der Waals surface area contributed by atoms with Gasteiger partial charge in [-0.2, -0.15) is 5.10 Å². The number of H-pyrrole nitrogens is 1. The summed E-state index contributed by atoms with van der Waals surface area (Å²) in [6, 6.07) is 7.16. The number of aromatic nitrogens is 3. The van der Waals surface area contributed by atoms with E-state index in [1.165, 1.54) is 0 Å². The lowest BCUT2D eigenvalue weighted by molar-refractivity contribution is -0.124. The van der Waals surface area contributed by atoms with E-state index in [9.17, 15) is 9.59 Å². The number of hydrogen-bond acceptors (Lipinski definition) is 5. The van der Waals surface area contributed by atoms with Crippen LogP contribution in [0.4, 0.5) is 5.69 Å². The van der Waals surface area contributed by atoms with Crippen LogP contribution in [0, 0.1) is 0 Å². The van der Waals surface area contributed by atoms with Gasteiger partial charge >= 0.3 is 0 Å². The normalized spacial score (nSPS) is 10.0. The third kappa shape index (κ3) is 6.52. The van der Waals surface area contributed by atoms with Gasteiger partial charge in [-0.1, -0.05) is 6.92 Å². The highest BCUT2D eigenvalue weighted by molar-refractivity contribution is 5.93. The average Bonchev–Trinajstić information content (AvgIpc) is 3.08. The van der Waals surface area contributed by atoms with E-state index < -0.39 is 0 Å². The first-order valence-corrected chi connectivity index (χ1v) is 7.90. The van der Waals surface area contributed by atoms with E-state index >= 15 is 0 Å². The Kier molecular flexibility index (Phi) is 8.59. The van der Waals surface area contributed by atoms with Crippen molar-refractivity contribution in [2.45, 2.75) is 32.7 Å². The zero-order chi connectivity index (χ0) is 17.4. The number of carbonyl (C=O) groups is 2. The van der Waals surface area contributed by atoms with E-state index in [-0.39, 0.29) is 37.1 Å². The molecule has 1 heterocycles. The molecule has 0 fully saturated rings. The number of nitrogens with one attached hydrogen (secondary N) is 3. The molecule has 0 saturated carbocycles. The summed E-state index contributed by atoms with van der Waals surface area (Å²) in [5.41, 5.74) is 6.97. The minimum atomic E-state index is -0.197. The molecule has 2 aromatic rings. The number of nitrogens with zero attached hydrogens (tertiary/aromatic N) is 2. The van der Waals surface area contributed by atoms with Gasteiger partial charge in [0.05, 0.1) is 6.54 Å². The summed E-state index contributed by atoms with van der Waals surface area (Å²) >= 11 is 0. The molecule has 136 valence electrons. The molecule has 9 heteroatoms. The number of amides is 2. The Hall–Kier alpha value is -2.45. The lowest BCUT2D eigenvalue weighted by Crippen LogP contribution is -2.25. The molecule has 2 rings (SSSR count). The number of benzene rings is 1. The maximum Gasteiger partial charge on any atom is 0.224 e. The smallest absolute Gasteiger partial charge is 0.224 e. The second kappa shape index (κ2) is 10.4. The minimum Gasteiger partial charge on any atom is -0.356 e. The van der Waals surface area contributed by atoms with Gasteiger partial charge in [0.25, 0.3) is 0 Å². The molecule has 0 radical (unpaired) electrons. The summed E-state index contributed by atoms with van der Waals surface area (Å²) in [4.78, 5) is 27.6. The van der Waals surface area contributed by atoms with Crippen molar-refractivity contribution < 1.29 is 9.59 Å². The zero-order valence-corrected chi connectivity index (χ0v) is 14.9. The molecule has 2 amide bonds. The summed E-state index contributed by atoms with van der Waals surface area (Å²) < 4.78 is 0. The van der Waals surface area contributed by atoms with Gasteiger partial charge in [-0.25, -0.2) is 4.98 Å². The van der Waals surface area contributed by atoms with Crippen LogP contribution in [0.5, 0.6) is 0 Å². The third-order valence-corrected chi connectivity index (χ3v) is 3.30. The van der Waals surface area contributed by atoms with E-state index in [0.717, 1.165) is 12.0 Å². The van der Waals surface area contributed by atoms with Gasteiger partial charge in [0, 0.05) is 30.6 Å². The van der Waals surface area contributed by atoms with Gasteiger partial charge in [-0.05, 0) is 30.7 Å². The molecule has 0 spiro atoms. The van der Waals surface area contributed by atoms with Crippen molar-refractivity contribution in [3.05, 3.63) is 30.1 Å². The Bertz CT molecular complexity index is 686. The van der Waals surface area contributed by atoms with E-state index in [0.29, 0.717) is 30.4 Å². The van der Waals surface area contributed by atoms with Gasteiger partial charge in [0.15, 0.2) is 5.82 Å². The van der Waals surface area contributed by atoms with E-state index in [2.05, 4.69) is 25.8 Å². The molecular formula is C16H23ClN6O2. The fraction of sp³-hybridized carbons (Fsp3) is 0.375. The standard InChI is InChI=1S/C16H22N6O2.ClH/c1-2-9-18-14(23)7-8-15(24)19-12-5-3-11(4-6-12)16-20-13(10-17)21-22-16;/h3-6H,2,7-10,17H2,1H3,(H,18,23)(H,19,24)(H,20,21,22);1H. The molecule has 0 unspecified atom stereocenters. The number of aromatic amines is 1. The molecule has 1 aromatic carbocycles. The molecule has 1 aromatic heterocycles. The van der Waals surface area contributed by atoms with Crippen LogP contribution in [0.2, 0.25) is 0 Å². The molecule has 8 nitrogen and oxygen atoms in total. The summed E-state index contributed by atoms with van der Waals surface area (Å²) in [7, 11) is 0. The van der Waals surface area contributed by atoms with Crippen molar-refractivity contribution in [2.75, 3.05) is 11.9 Å². The molecule has 0 bridgehead atoms. The van der Waals surface area contributed by atoms with Gasteiger partial charge in [-0.15, -0.1) is 12.4 Å². The zero-order valence-electron chi connectivity index (χ0n) is 14.0. The van der Waals surface area contributed by atoms with Crippen molar-refractivity contribution in [1.29, 1.82) is 0 Å². The fourth-order valence-electron chi connectivity index (χ4n) is 2.02. The van der Waals surface area contributed by atoms with Gasteiger partial charge in [-0.3, -0.25) is 14.7 Å². The molecule has 0 atom stereocenters. The highest BCUT2D eigenvalue weighted by Crippen LogP contribution is 2.18. The second-order valence-corrected chi connectivity index (χ2v) is 5.29. The van der Waals surface area contributed by atoms with Crippen LogP contribution in [0.15, 0.2) is 24.3 Å². The largest absolute Gasteiger partial charge is 0.356 e. The van der Waals surface area contributed by atoms with Crippen LogP contribution < -0.4 is 16.4 Å². The Morgan fingerprint density at radius 3 is 2.44 bits per heavy atom. The summed E-state index contributed by atoms with van der Waals surface area (Å²) in [6.45, 7) is 2.91. The number of hydrogen-bond donors (Lipinski definition) is 4. The van der Waals surface area contributed by atoms with Gasteiger partial charge < -0.3 is 16.4 Å². The number of carbonyl (C=O) groups excluding carboxylic acids is 2. The maximum atomic E-state index is 11.9. The quantitative estimate of drug-likeness (QED) is 0.564. The van der Waals surface area contributed by atoms with Crippen LogP contribution in [-0.2, 0) is 16.1 Å². The van der Waals surface area contributed by atoms with Crippen LogP contribution in [-0.4, -0.2) is 33.5 Å². The predicted octanol–water partition coefficient (Wildman–Crippen LogP) is 1.60.